The van der Waals surface area contributed by atoms with Crippen LogP contribution in [0.1, 0.15) is 28.4 Å². The van der Waals surface area contributed by atoms with Gasteiger partial charge in [0.1, 0.15) is 0 Å². The molecule has 3 rings (SSSR count). The number of aliphatic hydroxyl groups is 1. The van der Waals surface area contributed by atoms with Crippen molar-refractivity contribution in [1.82, 2.24) is 5.32 Å². The van der Waals surface area contributed by atoms with E-state index < -0.39 is 6.10 Å². The normalized spacial score (nSPS) is 12.1. The highest BCUT2D eigenvalue weighted by Crippen LogP contribution is 2.25. The molecule has 0 heterocycles. The fraction of sp³-hybridized carbons (Fsp3) is 0.150. The van der Waals surface area contributed by atoms with Crippen LogP contribution in [0.15, 0.2) is 66.7 Å². The first-order valence-electron chi connectivity index (χ1n) is 7.84. The molecule has 0 aliphatic carbocycles. The molecule has 0 fully saturated rings. The van der Waals surface area contributed by atoms with Gasteiger partial charge in [0.15, 0.2) is 0 Å². The minimum Gasteiger partial charge on any atom is -0.388 e. The van der Waals surface area contributed by atoms with Crippen LogP contribution < -0.4 is 5.32 Å². The van der Waals surface area contributed by atoms with Gasteiger partial charge >= 0.3 is 0 Å². The number of rotatable bonds is 5. The number of nitrogens with one attached hydrogen (secondary N) is 1. The average Bonchev–Trinajstić information content (AvgIpc) is 2.61. The topological polar surface area (TPSA) is 49.3 Å². The zero-order valence-electron chi connectivity index (χ0n) is 13.1. The lowest BCUT2D eigenvalue weighted by molar-refractivity contribution is 0.0943. The highest BCUT2D eigenvalue weighted by atomic mass is 35.5. The van der Waals surface area contributed by atoms with Gasteiger partial charge in [0.05, 0.1) is 6.10 Å². The van der Waals surface area contributed by atoms with Crippen LogP contribution >= 0.6 is 11.6 Å². The van der Waals surface area contributed by atoms with Crippen LogP contribution in [0, 0.1) is 0 Å². The minimum atomic E-state index is -0.629. The third kappa shape index (κ3) is 3.75. The first kappa shape index (κ1) is 16.5. The Morgan fingerprint density at radius 3 is 2.62 bits per heavy atom. The van der Waals surface area contributed by atoms with Crippen molar-refractivity contribution in [1.29, 1.82) is 0 Å². The maximum Gasteiger partial charge on any atom is 0.251 e. The first-order chi connectivity index (χ1) is 11.6. The molecule has 0 aliphatic rings. The molecule has 0 radical (unpaired) electrons. The first-order valence-corrected chi connectivity index (χ1v) is 8.22. The summed E-state index contributed by atoms with van der Waals surface area (Å²) in [6.07, 6.45) is -0.184. The van der Waals surface area contributed by atoms with E-state index in [1.54, 1.807) is 24.3 Å². The van der Waals surface area contributed by atoms with E-state index in [4.69, 9.17) is 11.6 Å². The van der Waals surface area contributed by atoms with Gasteiger partial charge in [0.2, 0.25) is 0 Å². The van der Waals surface area contributed by atoms with E-state index in [0.717, 1.165) is 16.3 Å². The molecule has 0 aliphatic heterocycles. The number of carbonyl (C=O) groups is 1. The Kier molecular flexibility index (Phi) is 5.14. The van der Waals surface area contributed by atoms with Crippen LogP contribution in [0.2, 0.25) is 5.02 Å². The van der Waals surface area contributed by atoms with Gasteiger partial charge in [-0.25, -0.2) is 0 Å². The van der Waals surface area contributed by atoms with Crippen molar-refractivity contribution in [2.45, 2.75) is 12.5 Å². The molecule has 0 aromatic heterocycles. The molecule has 0 saturated heterocycles. The van der Waals surface area contributed by atoms with Crippen molar-refractivity contribution >= 4 is 28.3 Å². The molecular formula is C20H18ClNO2. The van der Waals surface area contributed by atoms with E-state index in [-0.39, 0.29) is 5.91 Å². The Morgan fingerprint density at radius 2 is 1.79 bits per heavy atom. The second-order valence-corrected chi connectivity index (χ2v) is 6.08. The monoisotopic (exact) mass is 339 g/mol. The number of amides is 1. The Morgan fingerprint density at radius 1 is 1.04 bits per heavy atom. The number of hydrogen-bond donors (Lipinski definition) is 2. The van der Waals surface area contributed by atoms with E-state index in [0.29, 0.717) is 23.6 Å². The summed E-state index contributed by atoms with van der Waals surface area (Å²) in [5.41, 5.74) is 1.40. The molecule has 1 amide bonds. The predicted octanol–water partition coefficient (Wildman–Crippen LogP) is 4.35. The van der Waals surface area contributed by atoms with Crippen LogP contribution in [0.5, 0.6) is 0 Å². The molecule has 24 heavy (non-hydrogen) atoms. The van der Waals surface area contributed by atoms with Crippen molar-refractivity contribution in [3.8, 4) is 0 Å². The molecule has 3 nitrogen and oxygen atoms in total. The van der Waals surface area contributed by atoms with E-state index in [1.807, 2.05) is 42.5 Å². The van der Waals surface area contributed by atoms with Crippen molar-refractivity contribution in [2.24, 2.45) is 0 Å². The molecule has 122 valence electrons. The lowest BCUT2D eigenvalue weighted by Gasteiger charge is -2.14. The van der Waals surface area contributed by atoms with E-state index in [2.05, 4.69) is 5.32 Å². The van der Waals surface area contributed by atoms with Crippen molar-refractivity contribution in [3.63, 3.8) is 0 Å². The molecule has 0 unspecified atom stereocenters. The van der Waals surface area contributed by atoms with Crippen LogP contribution in [0.3, 0.4) is 0 Å². The highest BCUT2D eigenvalue weighted by molar-refractivity contribution is 6.30. The van der Waals surface area contributed by atoms with Gasteiger partial charge in [0, 0.05) is 17.1 Å². The van der Waals surface area contributed by atoms with Gasteiger partial charge < -0.3 is 10.4 Å². The van der Waals surface area contributed by atoms with Gasteiger partial charge in [0.25, 0.3) is 5.91 Å². The van der Waals surface area contributed by atoms with E-state index in [1.165, 1.54) is 0 Å². The zero-order valence-corrected chi connectivity index (χ0v) is 13.8. The van der Waals surface area contributed by atoms with Gasteiger partial charge in [-0.3, -0.25) is 4.79 Å². The molecular weight excluding hydrogens is 322 g/mol. The number of benzene rings is 3. The zero-order chi connectivity index (χ0) is 16.9. The SMILES string of the molecule is O=C(NCC[C@@H](O)c1cccc2ccccc12)c1cccc(Cl)c1. The van der Waals surface area contributed by atoms with Gasteiger partial charge in [-0.2, -0.15) is 0 Å². The number of hydrogen-bond acceptors (Lipinski definition) is 2. The molecule has 2 N–H and O–H groups in total. The summed E-state index contributed by atoms with van der Waals surface area (Å²) in [6, 6.07) is 20.6. The Bertz CT molecular complexity index is 858. The quantitative estimate of drug-likeness (QED) is 0.726. The summed E-state index contributed by atoms with van der Waals surface area (Å²) in [5.74, 6) is -0.192. The van der Waals surface area contributed by atoms with Gasteiger partial charge in [-0.1, -0.05) is 60.1 Å². The summed E-state index contributed by atoms with van der Waals surface area (Å²) in [4.78, 5) is 12.1. The summed E-state index contributed by atoms with van der Waals surface area (Å²) in [6.45, 7) is 0.385. The lowest BCUT2D eigenvalue weighted by Crippen LogP contribution is -2.25. The van der Waals surface area contributed by atoms with Crippen LogP contribution in [-0.4, -0.2) is 17.6 Å². The lowest BCUT2D eigenvalue weighted by atomic mass is 9.99. The summed E-state index contributed by atoms with van der Waals surface area (Å²) in [5, 5.41) is 15.9. The second kappa shape index (κ2) is 7.47. The third-order valence-electron chi connectivity index (χ3n) is 3.97. The van der Waals surface area contributed by atoms with Crippen molar-refractivity contribution < 1.29 is 9.90 Å². The van der Waals surface area contributed by atoms with E-state index >= 15 is 0 Å². The summed E-state index contributed by atoms with van der Waals surface area (Å²) < 4.78 is 0. The maximum absolute atomic E-state index is 12.1. The number of fused-ring (bicyclic) bond motifs is 1. The predicted molar refractivity (Wildman–Crippen MR) is 97.3 cm³/mol. The fourth-order valence-corrected chi connectivity index (χ4v) is 2.94. The van der Waals surface area contributed by atoms with E-state index in [9.17, 15) is 9.90 Å². The number of halogens is 1. The van der Waals surface area contributed by atoms with Crippen LogP contribution in [0.4, 0.5) is 0 Å². The van der Waals surface area contributed by atoms with Crippen molar-refractivity contribution in [2.75, 3.05) is 6.54 Å². The average molecular weight is 340 g/mol. The van der Waals surface area contributed by atoms with Crippen LogP contribution in [-0.2, 0) is 0 Å². The minimum absolute atomic E-state index is 0.192. The van der Waals surface area contributed by atoms with Gasteiger partial charge in [-0.15, -0.1) is 0 Å². The summed E-state index contributed by atoms with van der Waals surface area (Å²) >= 11 is 5.89. The molecule has 0 bridgehead atoms. The highest BCUT2D eigenvalue weighted by Gasteiger charge is 2.12. The molecule has 3 aromatic carbocycles. The third-order valence-corrected chi connectivity index (χ3v) is 4.21. The molecule has 0 saturated carbocycles. The molecule has 4 heteroatoms. The standard InChI is InChI=1S/C20H18ClNO2/c21-16-8-3-7-15(13-16)20(24)22-12-11-19(23)18-10-4-6-14-5-1-2-9-17(14)18/h1-10,13,19,23H,11-12H2,(H,22,24)/t19-/m1/s1. The second-order valence-electron chi connectivity index (χ2n) is 5.64. The Balaban J connectivity index is 1.63. The van der Waals surface area contributed by atoms with Crippen molar-refractivity contribution in [3.05, 3.63) is 82.9 Å². The number of carbonyl (C=O) groups excluding carboxylic acids is 1. The summed E-state index contributed by atoms with van der Waals surface area (Å²) in [7, 11) is 0. The maximum atomic E-state index is 12.1. The smallest absolute Gasteiger partial charge is 0.251 e. The molecule has 3 aromatic rings. The largest absolute Gasteiger partial charge is 0.388 e. The Labute approximate surface area is 145 Å². The van der Waals surface area contributed by atoms with Crippen LogP contribution in [0.25, 0.3) is 10.8 Å². The number of aliphatic hydroxyl groups excluding tert-OH is 1. The fourth-order valence-electron chi connectivity index (χ4n) is 2.75. The van der Waals surface area contributed by atoms with Gasteiger partial charge in [-0.05, 0) is 41.0 Å². The Hall–Kier alpha value is -2.36. The molecule has 1 atom stereocenters. The molecule has 0 spiro atoms.